The third-order valence-corrected chi connectivity index (χ3v) is 5.76. The van der Waals surface area contributed by atoms with Crippen molar-refractivity contribution in [2.75, 3.05) is 11.9 Å². The maximum absolute atomic E-state index is 3.66. The summed E-state index contributed by atoms with van der Waals surface area (Å²) >= 11 is 0. The van der Waals surface area contributed by atoms with Gasteiger partial charge in [0, 0.05) is 24.1 Å². The summed E-state index contributed by atoms with van der Waals surface area (Å²) in [5.41, 5.74) is 7.43. The lowest BCUT2D eigenvalue weighted by Crippen LogP contribution is -2.35. The Morgan fingerprint density at radius 2 is 1.21 bits per heavy atom. The first kappa shape index (κ1) is 13.9. The maximum Gasteiger partial charge on any atom is 0.0340 e. The lowest BCUT2D eigenvalue weighted by atomic mass is 9.59. The highest BCUT2D eigenvalue weighted by Crippen LogP contribution is 2.55. The average Bonchev–Trinajstić information content (AvgIpc) is 2.67. The molecule has 3 aromatic carbocycles. The van der Waals surface area contributed by atoms with Crippen molar-refractivity contribution in [2.45, 2.75) is 18.3 Å². The molecule has 24 heavy (non-hydrogen) atoms. The highest BCUT2D eigenvalue weighted by molar-refractivity contribution is 5.56. The molecule has 1 atom stereocenters. The van der Waals surface area contributed by atoms with Crippen molar-refractivity contribution in [1.82, 2.24) is 0 Å². The lowest BCUT2D eigenvalue weighted by molar-refractivity contribution is 0.372. The predicted octanol–water partition coefficient (Wildman–Crippen LogP) is 5.40. The van der Waals surface area contributed by atoms with Crippen molar-refractivity contribution < 1.29 is 0 Å². The number of hydrogen-bond acceptors (Lipinski definition) is 1. The van der Waals surface area contributed by atoms with E-state index in [-0.39, 0.29) is 0 Å². The summed E-state index contributed by atoms with van der Waals surface area (Å²) in [6.45, 7) is 1.04. The van der Waals surface area contributed by atoms with Crippen molar-refractivity contribution in [3.63, 3.8) is 0 Å². The van der Waals surface area contributed by atoms with Crippen LogP contribution in [0.25, 0.3) is 0 Å². The summed E-state index contributed by atoms with van der Waals surface area (Å²) in [4.78, 5) is 0. The van der Waals surface area contributed by atoms with Gasteiger partial charge in [0.05, 0.1) is 0 Å². The Hall–Kier alpha value is -2.54. The Bertz CT molecular complexity index is 820. The van der Waals surface area contributed by atoms with Gasteiger partial charge in [0.15, 0.2) is 0 Å². The third-order valence-electron chi connectivity index (χ3n) is 5.76. The van der Waals surface area contributed by atoms with Gasteiger partial charge in [0.1, 0.15) is 0 Å². The van der Waals surface area contributed by atoms with Crippen LogP contribution in [0.4, 0.5) is 5.69 Å². The fraction of sp³-hybridized carbons (Fsp3) is 0.217. The molecule has 0 amide bonds. The molecule has 0 fully saturated rings. The van der Waals surface area contributed by atoms with Crippen LogP contribution < -0.4 is 5.32 Å². The van der Waals surface area contributed by atoms with Gasteiger partial charge in [0.25, 0.3) is 0 Å². The van der Waals surface area contributed by atoms with E-state index < -0.39 is 0 Å². The molecule has 3 aliphatic carbocycles. The molecule has 0 saturated carbocycles. The quantitative estimate of drug-likeness (QED) is 0.683. The van der Waals surface area contributed by atoms with E-state index in [4.69, 9.17) is 0 Å². The summed E-state index contributed by atoms with van der Waals surface area (Å²) in [5.74, 6) is 1.74. The first-order chi connectivity index (χ1) is 11.9. The van der Waals surface area contributed by atoms with Crippen LogP contribution in [-0.4, -0.2) is 6.54 Å². The van der Waals surface area contributed by atoms with Crippen LogP contribution in [0.5, 0.6) is 0 Å². The lowest BCUT2D eigenvalue weighted by Gasteiger charge is -2.45. The van der Waals surface area contributed by atoms with Crippen molar-refractivity contribution in [1.29, 1.82) is 0 Å². The largest absolute Gasteiger partial charge is 0.385 e. The molecule has 1 N–H and O–H groups in total. The van der Waals surface area contributed by atoms with E-state index in [1.807, 2.05) is 0 Å². The fourth-order valence-electron chi connectivity index (χ4n) is 4.76. The second-order valence-corrected chi connectivity index (χ2v) is 7.03. The molecule has 0 aromatic heterocycles. The Labute approximate surface area is 143 Å². The highest BCUT2D eigenvalue weighted by atomic mass is 14.9. The zero-order chi connectivity index (χ0) is 15.9. The van der Waals surface area contributed by atoms with Crippen LogP contribution >= 0.6 is 0 Å². The molecule has 6 rings (SSSR count). The molecule has 3 aliphatic rings. The zero-order valence-electron chi connectivity index (χ0n) is 13.7. The monoisotopic (exact) mass is 311 g/mol. The van der Waals surface area contributed by atoms with Gasteiger partial charge in [-0.3, -0.25) is 0 Å². The number of para-hydroxylation sites is 1. The van der Waals surface area contributed by atoms with Crippen molar-refractivity contribution in [3.05, 3.63) is 101 Å². The molecule has 1 unspecified atom stereocenters. The summed E-state index contributed by atoms with van der Waals surface area (Å²) in [6.07, 6.45) is 1.25. The van der Waals surface area contributed by atoms with Crippen LogP contribution in [0.2, 0.25) is 0 Å². The average molecular weight is 311 g/mol. The predicted molar refractivity (Wildman–Crippen MR) is 99.6 cm³/mol. The Kier molecular flexibility index (Phi) is 3.19. The fourth-order valence-corrected chi connectivity index (χ4v) is 4.76. The van der Waals surface area contributed by atoms with E-state index in [9.17, 15) is 0 Å². The van der Waals surface area contributed by atoms with E-state index in [0.717, 1.165) is 6.54 Å². The number of hydrogen-bond donors (Lipinski definition) is 1. The molecule has 0 spiro atoms. The Balaban J connectivity index is 1.52. The topological polar surface area (TPSA) is 12.0 Å². The number of fused-ring (bicyclic) bond motifs is 1. The minimum absolute atomic E-state index is 0.526. The molecule has 118 valence electrons. The Morgan fingerprint density at radius 1 is 0.667 bits per heavy atom. The Morgan fingerprint density at radius 3 is 1.83 bits per heavy atom. The summed E-state index contributed by atoms with van der Waals surface area (Å²) in [6, 6.07) is 28.7. The molecule has 0 aliphatic heterocycles. The number of rotatable bonds is 3. The molecule has 2 bridgehead atoms. The molecule has 0 heterocycles. The molecule has 3 aromatic rings. The van der Waals surface area contributed by atoms with E-state index in [1.165, 1.54) is 12.1 Å². The van der Waals surface area contributed by atoms with Crippen LogP contribution in [0.1, 0.15) is 40.5 Å². The molecule has 0 saturated heterocycles. The van der Waals surface area contributed by atoms with Gasteiger partial charge in [-0.2, -0.15) is 0 Å². The van der Waals surface area contributed by atoms with Gasteiger partial charge >= 0.3 is 0 Å². The highest BCUT2D eigenvalue weighted by Gasteiger charge is 2.42. The molecule has 1 nitrogen and oxygen atoms in total. The van der Waals surface area contributed by atoms with Crippen molar-refractivity contribution in [2.24, 2.45) is 5.92 Å². The summed E-state index contributed by atoms with van der Waals surface area (Å²) in [5, 5.41) is 3.66. The van der Waals surface area contributed by atoms with E-state index in [1.54, 1.807) is 22.3 Å². The number of anilines is 1. The smallest absolute Gasteiger partial charge is 0.0340 e. The molecule has 0 radical (unpaired) electrons. The van der Waals surface area contributed by atoms with Gasteiger partial charge < -0.3 is 5.32 Å². The van der Waals surface area contributed by atoms with Crippen LogP contribution in [0.15, 0.2) is 78.9 Å². The first-order valence-electron chi connectivity index (χ1n) is 8.88. The number of benzene rings is 3. The SMILES string of the molecule is c1ccc(NCC2CC3c4ccccc4C2c2ccccc23)cc1. The maximum atomic E-state index is 3.66. The van der Waals surface area contributed by atoms with Gasteiger partial charge in [-0.05, 0) is 46.7 Å². The normalized spacial score (nSPS) is 23.4. The van der Waals surface area contributed by atoms with E-state index in [0.29, 0.717) is 17.8 Å². The molecular formula is C23H21N. The van der Waals surface area contributed by atoms with Gasteiger partial charge in [0.2, 0.25) is 0 Å². The van der Waals surface area contributed by atoms with Crippen LogP contribution in [0, 0.1) is 5.92 Å². The zero-order valence-corrected chi connectivity index (χ0v) is 13.7. The number of nitrogens with one attached hydrogen (secondary N) is 1. The van der Waals surface area contributed by atoms with Crippen LogP contribution in [-0.2, 0) is 0 Å². The molecular weight excluding hydrogens is 290 g/mol. The third kappa shape index (κ3) is 2.08. The van der Waals surface area contributed by atoms with E-state index in [2.05, 4.69) is 84.2 Å². The second-order valence-electron chi connectivity index (χ2n) is 7.03. The van der Waals surface area contributed by atoms with Gasteiger partial charge in [-0.25, -0.2) is 0 Å². The minimum atomic E-state index is 0.526. The van der Waals surface area contributed by atoms with Gasteiger partial charge in [-0.1, -0.05) is 66.7 Å². The van der Waals surface area contributed by atoms with Crippen molar-refractivity contribution in [3.8, 4) is 0 Å². The van der Waals surface area contributed by atoms with Gasteiger partial charge in [-0.15, -0.1) is 0 Å². The molecule has 1 heteroatoms. The summed E-state index contributed by atoms with van der Waals surface area (Å²) in [7, 11) is 0. The van der Waals surface area contributed by atoms with Crippen LogP contribution in [0.3, 0.4) is 0 Å². The van der Waals surface area contributed by atoms with Crippen molar-refractivity contribution >= 4 is 5.69 Å². The second kappa shape index (κ2) is 5.52. The summed E-state index contributed by atoms with van der Waals surface area (Å²) < 4.78 is 0. The standard InChI is InChI=1S/C23H21N/c1-2-8-17(9-3-1)24-15-16-14-22-18-10-4-6-12-20(18)23(16)21-13-7-5-11-19(21)22/h1-13,16,22-24H,14-15H2. The minimum Gasteiger partial charge on any atom is -0.385 e. The first-order valence-corrected chi connectivity index (χ1v) is 8.88. The van der Waals surface area contributed by atoms with E-state index >= 15 is 0 Å².